The largest absolute Gasteiger partial charge is 0.391 e. The van der Waals surface area contributed by atoms with Gasteiger partial charge < -0.3 is 14.9 Å². The number of hydrogen-bond donors (Lipinski definition) is 1. The van der Waals surface area contributed by atoms with E-state index < -0.39 is 0 Å². The molecule has 1 N–H and O–H groups in total. The van der Waals surface area contributed by atoms with Crippen LogP contribution in [0.3, 0.4) is 0 Å². The standard InChI is InChI=1S/C28H36ClN5O2/c29-24-13-22(6-5-21(24)15-30)34-26(20-3-1-2-4-20)14-25(31-34)19-7-10-28(11-8-19)17-33(18-28)27(36)32-12-9-23(35)16-32/h5-6,13,19-20,23,26,35H,1-4,7-12,14,16-18H2. The van der Waals surface area contributed by atoms with Gasteiger partial charge in [0.25, 0.3) is 0 Å². The van der Waals surface area contributed by atoms with E-state index in [0.29, 0.717) is 48.0 Å². The smallest absolute Gasteiger partial charge is 0.320 e. The maximum atomic E-state index is 12.8. The van der Waals surface area contributed by atoms with Crippen LogP contribution in [0.5, 0.6) is 0 Å². The minimum absolute atomic E-state index is 0.107. The van der Waals surface area contributed by atoms with Gasteiger partial charge in [0.1, 0.15) is 6.07 Å². The molecular formula is C28H36ClN5O2. The summed E-state index contributed by atoms with van der Waals surface area (Å²) in [6.07, 6.45) is 11.1. The molecule has 36 heavy (non-hydrogen) atoms. The lowest BCUT2D eigenvalue weighted by molar-refractivity contribution is -0.0140. The van der Waals surface area contributed by atoms with Gasteiger partial charge in [0, 0.05) is 43.7 Å². The summed E-state index contributed by atoms with van der Waals surface area (Å²) >= 11 is 6.40. The molecule has 1 aromatic carbocycles. The third kappa shape index (κ3) is 4.37. The highest BCUT2D eigenvalue weighted by atomic mass is 35.5. The summed E-state index contributed by atoms with van der Waals surface area (Å²) in [6, 6.07) is 8.37. The second kappa shape index (κ2) is 9.54. The number of carbonyl (C=O) groups excluding carboxylic acids is 1. The van der Waals surface area contributed by atoms with Crippen molar-refractivity contribution >= 4 is 29.0 Å². The number of amides is 2. The third-order valence-electron chi connectivity index (χ3n) is 9.52. The molecule has 1 aromatic rings. The van der Waals surface area contributed by atoms with Crippen molar-refractivity contribution in [2.45, 2.75) is 76.4 Å². The van der Waals surface area contributed by atoms with E-state index in [9.17, 15) is 15.2 Å². The molecule has 2 atom stereocenters. The van der Waals surface area contributed by atoms with E-state index in [1.165, 1.54) is 31.4 Å². The molecule has 3 heterocycles. The highest BCUT2D eigenvalue weighted by molar-refractivity contribution is 6.32. The number of hydrazone groups is 1. The highest BCUT2D eigenvalue weighted by Gasteiger charge is 2.49. The number of halogens is 1. The predicted octanol–water partition coefficient (Wildman–Crippen LogP) is 5.02. The SMILES string of the molecule is N#Cc1ccc(N2N=C(C3CCC4(CC3)CN(C(=O)N3CCC(O)C3)C4)CC2C2CCCC2)cc1Cl. The first-order chi connectivity index (χ1) is 17.4. The molecule has 3 aliphatic heterocycles. The number of nitriles is 1. The molecule has 2 aliphatic carbocycles. The van der Waals surface area contributed by atoms with Gasteiger partial charge in [-0.25, -0.2) is 4.79 Å². The maximum absolute atomic E-state index is 12.8. The van der Waals surface area contributed by atoms with Crippen molar-refractivity contribution < 1.29 is 9.90 Å². The van der Waals surface area contributed by atoms with Crippen molar-refractivity contribution in [2.24, 2.45) is 22.4 Å². The number of carbonyl (C=O) groups is 1. The number of β-amino-alcohol motifs (C(OH)–C–C–N with tert-alkyl or cyclic N) is 1. The number of urea groups is 1. The Morgan fingerprint density at radius 1 is 1.11 bits per heavy atom. The molecular weight excluding hydrogens is 474 g/mol. The zero-order valence-corrected chi connectivity index (χ0v) is 21.7. The average Bonchev–Trinajstić information content (AvgIpc) is 3.63. The normalized spacial score (nSPS) is 28.5. The molecule has 2 unspecified atom stereocenters. The first-order valence-electron chi connectivity index (χ1n) is 13.7. The zero-order chi connectivity index (χ0) is 24.9. The van der Waals surface area contributed by atoms with Crippen LogP contribution in [0.25, 0.3) is 0 Å². The number of anilines is 1. The van der Waals surface area contributed by atoms with E-state index in [-0.39, 0.29) is 17.6 Å². The van der Waals surface area contributed by atoms with Gasteiger partial charge in [-0.15, -0.1) is 0 Å². The molecule has 2 amide bonds. The second-order valence-electron chi connectivity index (χ2n) is 11.8. The lowest BCUT2D eigenvalue weighted by Crippen LogP contribution is -2.62. The molecule has 192 valence electrons. The number of hydrogen-bond acceptors (Lipinski definition) is 5. The molecule has 7 nitrogen and oxygen atoms in total. The first-order valence-corrected chi connectivity index (χ1v) is 14.1. The van der Waals surface area contributed by atoms with E-state index in [1.807, 2.05) is 28.0 Å². The molecule has 2 saturated heterocycles. The Morgan fingerprint density at radius 3 is 2.50 bits per heavy atom. The number of rotatable bonds is 3. The van der Waals surface area contributed by atoms with Crippen molar-refractivity contribution in [1.82, 2.24) is 9.80 Å². The molecule has 5 aliphatic rings. The van der Waals surface area contributed by atoms with Crippen LogP contribution in [-0.4, -0.2) is 65.0 Å². The molecule has 0 radical (unpaired) electrons. The first kappa shape index (κ1) is 24.1. The molecule has 1 spiro atoms. The Labute approximate surface area is 218 Å². The quantitative estimate of drug-likeness (QED) is 0.620. The van der Waals surface area contributed by atoms with Crippen LogP contribution in [-0.2, 0) is 0 Å². The van der Waals surface area contributed by atoms with Gasteiger partial charge >= 0.3 is 6.03 Å². The minimum atomic E-state index is -0.361. The van der Waals surface area contributed by atoms with Crippen molar-refractivity contribution in [2.75, 3.05) is 31.2 Å². The Bertz CT molecular complexity index is 1080. The van der Waals surface area contributed by atoms with Crippen LogP contribution < -0.4 is 5.01 Å². The van der Waals surface area contributed by atoms with E-state index in [2.05, 4.69) is 11.1 Å². The fourth-order valence-electron chi connectivity index (χ4n) is 7.39. The Morgan fingerprint density at radius 2 is 1.86 bits per heavy atom. The lowest BCUT2D eigenvalue weighted by atomic mass is 9.65. The van der Waals surface area contributed by atoms with Gasteiger partial charge in [0.05, 0.1) is 28.4 Å². The number of likely N-dealkylation sites (tertiary alicyclic amines) is 2. The van der Waals surface area contributed by atoms with Crippen LogP contribution in [0.15, 0.2) is 23.3 Å². The van der Waals surface area contributed by atoms with Gasteiger partial charge in [-0.3, -0.25) is 5.01 Å². The summed E-state index contributed by atoms with van der Waals surface area (Å²) in [5.41, 5.74) is 3.11. The number of benzene rings is 1. The topological polar surface area (TPSA) is 83.2 Å². The Kier molecular flexibility index (Phi) is 6.37. The summed E-state index contributed by atoms with van der Waals surface area (Å²) in [5.74, 6) is 1.17. The molecule has 0 aromatic heterocycles. The average molecular weight is 510 g/mol. The predicted molar refractivity (Wildman–Crippen MR) is 140 cm³/mol. The Hall–Kier alpha value is -2.30. The van der Waals surface area contributed by atoms with Crippen LogP contribution in [0.2, 0.25) is 5.02 Å². The molecule has 8 heteroatoms. The summed E-state index contributed by atoms with van der Waals surface area (Å²) in [5, 5.41) is 27.0. The summed E-state index contributed by atoms with van der Waals surface area (Å²) in [7, 11) is 0. The van der Waals surface area contributed by atoms with Gasteiger partial charge in [-0.1, -0.05) is 24.4 Å². The summed E-state index contributed by atoms with van der Waals surface area (Å²) < 4.78 is 0. The van der Waals surface area contributed by atoms with Gasteiger partial charge in [-0.05, 0) is 75.0 Å². The van der Waals surface area contributed by atoms with E-state index in [1.54, 1.807) is 0 Å². The number of aliphatic hydroxyl groups is 1. The van der Waals surface area contributed by atoms with E-state index >= 15 is 0 Å². The van der Waals surface area contributed by atoms with Gasteiger partial charge in [0.15, 0.2) is 0 Å². The van der Waals surface area contributed by atoms with Crippen LogP contribution >= 0.6 is 11.6 Å². The highest BCUT2D eigenvalue weighted by Crippen LogP contribution is 2.48. The van der Waals surface area contributed by atoms with Crippen LogP contribution in [0, 0.1) is 28.6 Å². The zero-order valence-electron chi connectivity index (χ0n) is 20.9. The van der Waals surface area contributed by atoms with Crippen molar-refractivity contribution in [3.8, 4) is 6.07 Å². The van der Waals surface area contributed by atoms with Crippen molar-refractivity contribution in [3.05, 3.63) is 28.8 Å². The van der Waals surface area contributed by atoms with Crippen molar-refractivity contribution in [1.29, 1.82) is 5.26 Å². The summed E-state index contributed by atoms with van der Waals surface area (Å²) in [6.45, 7) is 2.87. The fraction of sp³-hybridized carbons (Fsp3) is 0.679. The third-order valence-corrected chi connectivity index (χ3v) is 9.84. The monoisotopic (exact) mass is 509 g/mol. The molecule has 2 saturated carbocycles. The fourth-order valence-corrected chi connectivity index (χ4v) is 7.61. The minimum Gasteiger partial charge on any atom is -0.391 e. The Balaban J connectivity index is 1.11. The van der Waals surface area contributed by atoms with Gasteiger partial charge in [-0.2, -0.15) is 10.4 Å². The second-order valence-corrected chi connectivity index (χ2v) is 12.2. The van der Waals surface area contributed by atoms with Crippen LogP contribution in [0.4, 0.5) is 10.5 Å². The summed E-state index contributed by atoms with van der Waals surface area (Å²) in [4.78, 5) is 16.6. The van der Waals surface area contributed by atoms with Crippen molar-refractivity contribution in [3.63, 3.8) is 0 Å². The van der Waals surface area contributed by atoms with E-state index in [4.69, 9.17) is 16.7 Å². The number of aliphatic hydroxyl groups excluding tert-OH is 1. The van der Waals surface area contributed by atoms with Gasteiger partial charge in [0.2, 0.25) is 0 Å². The maximum Gasteiger partial charge on any atom is 0.320 e. The molecule has 4 fully saturated rings. The lowest BCUT2D eigenvalue weighted by Gasteiger charge is -2.54. The van der Waals surface area contributed by atoms with Crippen LogP contribution in [0.1, 0.15) is 69.8 Å². The number of nitrogens with zero attached hydrogens (tertiary/aromatic N) is 5. The van der Waals surface area contributed by atoms with E-state index in [0.717, 1.165) is 50.9 Å². The molecule has 6 rings (SSSR count). The molecule has 0 bridgehead atoms.